The van der Waals surface area contributed by atoms with Crippen LogP contribution in [-0.4, -0.2) is 54.3 Å². The second-order valence-electron chi connectivity index (χ2n) is 5.74. The van der Waals surface area contributed by atoms with Crippen LogP contribution in [0.4, 0.5) is 5.69 Å². The summed E-state index contributed by atoms with van der Waals surface area (Å²) in [7, 11) is -3.61. The molecule has 2 aromatic rings. The molecule has 0 aliphatic heterocycles. The molecule has 11 nitrogen and oxygen atoms in total. The number of aromatic nitrogens is 2. The molecule has 0 aliphatic rings. The van der Waals surface area contributed by atoms with Gasteiger partial charge < -0.3 is 15.0 Å². The third kappa shape index (κ3) is 5.62. The van der Waals surface area contributed by atoms with Gasteiger partial charge in [0.05, 0.1) is 4.90 Å². The molecule has 1 aromatic heterocycles. The molecule has 1 amide bonds. The minimum absolute atomic E-state index is 0.0869. The van der Waals surface area contributed by atoms with Crippen LogP contribution >= 0.6 is 0 Å². The maximum atomic E-state index is 12.4. The van der Waals surface area contributed by atoms with Crippen molar-refractivity contribution in [2.24, 2.45) is 0 Å². The van der Waals surface area contributed by atoms with Gasteiger partial charge in [-0.1, -0.05) is 13.8 Å². The number of H-pyrrole nitrogens is 2. The van der Waals surface area contributed by atoms with E-state index in [9.17, 15) is 27.6 Å². The molecule has 1 aromatic carbocycles. The third-order valence-corrected chi connectivity index (χ3v) is 5.86. The number of hydrogen-bond acceptors (Lipinski definition) is 7. The smallest absolute Gasteiger partial charge is 0.355 e. The van der Waals surface area contributed by atoms with E-state index in [-0.39, 0.29) is 4.90 Å². The van der Waals surface area contributed by atoms with Crippen LogP contribution in [0, 0.1) is 0 Å². The quantitative estimate of drug-likeness (QED) is 0.499. The summed E-state index contributed by atoms with van der Waals surface area (Å²) in [6, 6.07) is 6.36. The number of sulfonamides is 1. The molecule has 0 saturated carbocycles. The Hall–Kier alpha value is -3.25. The molecule has 0 aliphatic carbocycles. The highest BCUT2D eigenvalue weighted by molar-refractivity contribution is 7.89. The zero-order chi connectivity index (χ0) is 21.6. The predicted octanol–water partition coefficient (Wildman–Crippen LogP) is -0.111. The Bertz CT molecular complexity index is 1070. The number of anilines is 1. The van der Waals surface area contributed by atoms with Crippen LogP contribution in [0.5, 0.6) is 0 Å². The van der Waals surface area contributed by atoms with Crippen LogP contribution < -0.4 is 16.6 Å². The van der Waals surface area contributed by atoms with E-state index in [1.54, 1.807) is 13.8 Å². The highest BCUT2D eigenvalue weighted by Crippen LogP contribution is 2.18. The van der Waals surface area contributed by atoms with E-state index < -0.39 is 45.4 Å². The van der Waals surface area contributed by atoms with Crippen LogP contribution in [0.3, 0.4) is 0 Å². The second kappa shape index (κ2) is 9.30. The highest BCUT2D eigenvalue weighted by atomic mass is 32.2. The van der Waals surface area contributed by atoms with E-state index >= 15 is 0 Å². The molecule has 12 heteroatoms. The number of amides is 1. The number of esters is 1. The van der Waals surface area contributed by atoms with Crippen molar-refractivity contribution in [1.82, 2.24) is 14.3 Å². The van der Waals surface area contributed by atoms with Crippen molar-refractivity contribution in [3.8, 4) is 0 Å². The molecular weight excluding hydrogens is 404 g/mol. The fourth-order valence-corrected chi connectivity index (χ4v) is 3.87. The average Bonchev–Trinajstić information content (AvgIpc) is 2.66. The Morgan fingerprint density at radius 1 is 1.07 bits per heavy atom. The van der Waals surface area contributed by atoms with Crippen LogP contribution in [-0.2, 0) is 19.6 Å². The SMILES string of the molecule is CCN(CC)S(=O)(=O)c1ccc(NC(=O)COC(=O)c2cc(=O)[nH]c(=O)[nH]2)cc1. The van der Waals surface area contributed by atoms with Crippen molar-refractivity contribution < 1.29 is 22.7 Å². The lowest BCUT2D eigenvalue weighted by Gasteiger charge is -2.18. The monoisotopic (exact) mass is 424 g/mol. The highest BCUT2D eigenvalue weighted by Gasteiger charge is 2.21. The first-order chi connectivity index (χ1) is 13.7. The maximum absolute atomic E-state index is 12.4. The first-order valence-electron chi connectivity index (χ1n) is 8.58. The molecule has 0 fully saturated rings. The molecule has 0 radical (unpaired) electrons. The molecule has 1 heterocycles. The zero-order valence-electron chi connectivity index (χ0n) is 15.7. The summed E-state index contributed by atoms with van der Waals surface area (Å²) in [6.45, 7) is 3.46. The Morgan fingerprint density at radius 3 is 2.24 bits per heavy atom. The van der Waals surface area contributed by atoms with Crippen molar-refractivity contribution in [2.45, 2.75) is 18.7 Å². The van der Waals surface area contributed by atoms with E-state index in [0.717, 1.165) is 6.07 Å². The Labute approximate surface area is 165 Å². The van der Waals surface area contributed by atoms with E-state index in [1.807, 2.05) is 4.98 Å². The molecule has 0 spiro atoms. The minimum atomic E-state index is -3.61. The number of nitrogens with zero attached hydrogens (tertiary/aromatic N) is 1. The summed E-state index contributed by atoms with van der Waals surface area (Å²) < 4.78 is 30.9. The molecule has 0 atom stereocenters. The lowest BCUT2D eigenvalue weighted by molar-refractivity contribution is -0.119. The standard InChI is InChI=1S/C17H20N4O7S/c1-3-21(4-2)29(26,27)12-7-5-11(6-8-12)18-15(23)10-28-16(24)13-9-14(22)20-17(25)19-13/h5-9H,3-4,10H2,1-2H3,(H,18,23)(H2,19,20,22,25). The van der Waals surface area contributed by atoms with Gasteiger partial charge in [0.25, 0.3) is 11.5 Å². The average molecular weight is 424 g/mol. The maximum Gasteiger partial charge on any atom is 0.355 e. The van der Waals surface area contributed by atoms with Gasteiger partial charge in [-0.25, -0.2) is 18.0 Å². The van der Waals surface area contributed by atoms with Gasteiger partial charge in [-0.15, -0.1) is 0 Å². The van der Waals surface area contributed by atoms with Crippen molar-refractivity contribution in [2.75, 3.05) is 25.0 Å². The fraction of sp³-hybridized carbons (Fsp3) is 0.294. The number of carbonyl (C=O) groups excluding carboxylic acids is 2. The lowest BCUT2D eigenvalue weighted by atomic mass is 10.3. The van der Waals surface area contributed by atoms with Crippen LogP contribution in [0.2, 0.25) is 0 Å². The molecule has 0 bridgehead atoms. The van der Waals surface area contributed by atoms with Gasteiger partial charge in [0.1, 0.15) is 5.69 Å². The summed E-state index contributed by atoms with van der Waals surface area (Å²) in [5, 5.41) is 2.44. The second-order valence-corrected chi connectivity index (χ2v) is 7.68. The van der Waals surface area contributed by atoms with Crippen molar-refractivity contribution >= 4 is 27.6 Å². The number of benzene rings is 1. The van der Waals surface area contributed by atoms with E-state index in [2.05, 4.69) is 10.3 Å². The van der Waals surface area contributed by atoms with Crippen LogP contribution in [0.1, 0.15) is 24.3 Å². The summed E-state index contributed by atoms with van der Waals surface area (Å²) >= 11 is 0. The van der Waals surface area contributed by atoms with Gasteiger partial charge in [0.15, 0.2) is 6.61 Å². The molecule has 2 rings (SSSR count). The number of aromatic amines is 2. The van der Waals surface area contributed by atoms with Crippen molar-refractivity contribution in [3.63, 3.8) is 0 Å². The Morgan fingerprint density at radius 2 is 1.69 bits per heavy atom. The topological polar surface area (TPSA) is 158 Å². The van der Waals surface area contributed by atoms with Gasteiger partial charge in [0.2, 0.25) is 10.0 Å². The molecular formula is C17H20N4O7S. The van der Waals surface area contributed by atoms with Gasteiger partial charge >= 0.3 is 11.7 Å². The van der Waals surface area contributed by atoms with Gasteiger partial charge in [-0.05, 0) is 24.3 Å². The normalized spacial score (nSPS) is 11.3. The van der Waals surface area contributed by atoms with Crippen molar-refractivity contribution in [1.29, 1.82) is 0 Å². The van der Waals surface area contributed by atoms with E-state index in [1.165, 1.54) is 28.6 Å². The number of hydrogen-bond donors (Lipinski definition) is 3. The molecule has 0 unspecified atom stereocenters. The first kappa shape index (κ1) is 22.0. The number of rotatable bonds is 8. The molecule has 29 heavy (non-hydrogen) atoms. The summed E-state index contributed by atoms with van der Waals surface area (Å²) in [6.07, 6.45) is 0. The van der Waals surface area contributed by atoms with E-state index in [0.29, 0.717) is 18.8 Å². The fourth-order valence-electron chi connectivity index (χ4n) is 2.41. The number of carbonyl (C=O) groups is 2. The molecule has 3 N–H and O–H groups in total. The van der Waals surface area contributed by atoms with Crippen LogP contribution in [0.15, 0.2) is 44.8 Å². The minimum Gasteiger partial charge on any atom is -0.451 e. The molecule has 156 valence electrons. The predicted molar refractivity (Wildman–Crippen MR) is 103 cm³/mol. The van der Waals surface area contributed by atoms with Crippen LogP contribution in [0.25, 0.3) is 0 Å². The molecule has 0 saturated heterocycles. The van der Waals surface area contributed by atoms with Gasteiger partial charge in [-0.2, -0.15) is 4.31 Å². The lowest BCUT2D eigenvalue weighted by Crippen LogP contribution is -2.30. The van der Waals surface area contributed by atoms with Gasteiger partial charge in [0, 0.05) is 24.8 Å². The Kier molecular flexibility index (Phi) is 7.07. The van der Waals surface area contributed by atoms with Gasteiger partial charge in [-0.3, -0.25) is 14.6 Å². The van der Waals surface area contributed by atoms with Crippen molar-refractivity contribution in [3.05, 3.63) is 56.9 Å². The number of nitrogens with one attached hydrogen (secondary N) is 3. The largest absolute Gasteiger partial charge is 0.451 e. The summed E-state index contributed by atoms with van der Waals surface area (Å²) in [4.78, 5) is 50.1. The van der Waals surface area contributed by atoms with E-state index in [4.69, 9.17) is 4.74 Å². The Balaban J connectivity index is 1.98. The number of ether oxygens (including phenoxy) is 1. The third-order valence-electron chi connectivity index (χ3n) is 3.80. The summed E-state index contributed by atoms with van der Waals surface area (Å²) in [5.74, 6) is -1.74. The summed E-state index contributed by atoms with van der Waals surface area (Å²) in [5.41, 5.74) is -1.76. The zero-order valence-corrected chi connectivity index (χ0v) is 16.5. The first-order valence-corrected chi connectivity index (χ1v) is 10.0.